The molecule has 0 spiro atoms. The molecule has 0 aromatic rings. The van der Waals surface area contributed by atoms with Gasteiger partial charge in [-0.3, -0.25) is 38.4 Å². The van der Waals surface area contributed by atoms with Gasteiger partial charge in [0.1, 0.15) is 31.5 Å². The topological polar surface area (TPSA) is 238 Å². The normalized spacial score (nSPS) is 25.3. The van der Waals surface area contributed by atoms with Crippen LogP contribution < -0.4 is 0 Å². The van der Waals surface area contributed by atoms with Gasteiger partial charge in [-0.2, -0.15) is 0 Å². The number of ether oxygens (including phenoxy) is 11. The Morgan fingerprint density at radius 2 is 0.794 bits per heavy atom. The van der Waals surface area contributed by atoms with Gasteiger partial charge in [0.2, 0.25) is 0 Å². The van der Waals surface area contributed by atoms with Crippen LogP contribution in [-0.4, -0.2) is 122 Å². The first-order chi connectivity index (χ1) is 30.1. The molecule has 0 radical (unpaired) electrons. The third-order valence-corrected chi connectivity index (χ3v) is 9.56. The molecule has 2 heterocycles. The van der Waals surface area contributed by atoms with Crippen molar-refractivity contribution in [1.29, 1.82) is 0 Å². The molecule has 0 saturated carbocycles. The molecular weight excluding hydrogens is 832 g/mol. The predicted molar refractivity (Wildman–Crippen MR) is 219 cm³/mol. The summed E-state index contributed by atoms with van der Waals surface area (Å²) >= 11 is 0. The van der Waals surface area contributed by atoms with E-state index in [9.17, 15) is 38.4 Å². The van der Waals surface area contributed by atoms with Gasteiger partial charge in [0.25, 0.3) is 5.79 Å². The van der Waals surface area contributed by atoms with Gasteiger partial charge in [0.05, 0.1) is 0 Å². The van der Waals surface area contributed by atoms with Crippen molar-refractivity contribution >= 4 is 47.8 Å². The molecule has 360 valence electrons. The van der Waals surface area contributed by atoms with Crippen LogP contribution in [0, 0.1) is 0 Å². The van der Waals surface area contributed by atoms with Crippen LogP contribution in [0.4, 0.5) is 0 Å². The van der Waals surface area contributed by atoms with Crippen LogP contribution in [-0.2, 0) is 90.5 Å². The summed E-state index contributed by atoms with van der Waals surface area (Å²) < 4.78 is 65.8. The fourth-order valence-corrected chi connectivity index (χ4v) is 6.64. The lowest BCUT2D eigenvalue weighted by molar-refractivity contribution is -0.324. The van der Waals surface area contributed by atoms with Crippen molar-refractivity contribution in [1.82, 2.24) is 0 Å². The average Bonchev–Trinajstić information content (AvgIpc) is 3.48. The number of rotatable bonds is 29. The van der Waals surface area contributed by atoms with E-state index >= 15 is 0 Å². The second-order valence-corrected chi connectivity index (χ2v) is 15.4. The number of carbonyl (C=O) groups is 8. The minimum Gasteiger partial charge on any atom is -0.463 e. The first-order valence-corrected chi connectivity index (χ1v) is 22.6. The smallest absolute Gasteiger partial charge is 0.308 e. The molecule has 2 fully saturated rings. The largest absolute Gasteiger partial charge is 0.463 e. The molecule has 19 nitrogen and oxygen atoms in total. The zero-order valence-electron chi connectivity index (χ0n) is 38.3. The summed E-state index contributed by atoms with van der Waals surface area (Å²) in [6.07, 6.45) is -10.5. The van der Waals surface area contributed by atoms with Crippen LogP contribution >= 0.6 is 0 Å². The Bertz CT molecular complexity index is 1480. The van der Waals surface area contributed by atoms with Crippen molar-refractivity contribution in [3.05, 3.63) is 0 Å². The van der Waals surface area contributed by atoms with Crippen molar-refractivity contribution in [2.24, 2.45) is 0 Å². The molecule has 2 rings (SSSR count). The Labute approximate surface area is 370 Å². The summed E-state index contributed by atoms with van der Waals surface area (Å²) in [6, 6.07) is 0. The molecule has 9 atom stereocenters. The lowest BCUT2D eigenvalue weighted by atomic mass is 9.97. The molecule has 19 heteroatoms. The SMILES string of the molecule is CCCC(=O)OC[C@H]1O[C@@H](O[C@@H]2[C@@H](COC(=O)CCC)O[C@@](COC(=O)CCC)(OC(=O)CCC)[C@H]2OC(=O)CCC)[C@H](OC(=O)CCC)[C@@H](OC(=O)CCC)[C@H]1OC(=O)CCC. The van der Waals surface area contributed by atoms with Gasteiger partial charge in [-0.25, -0.2) is 0 Å². The maximum absolute atomic E-state index is 13.5. The zero-order valence-corrected chi connectivity index (χ0v) is 38.3. The average molecular weight is 903 g/mol. The fraction of sp³-hybridized carbons (Fsp3) is 0.818. The summed E-state index contributed by atoms with van der Waals surface area (Å²) in [6.45, 7) is 12.0. The first kappa shape index (κ1) is 54.8. The second kappa shape index (κ2) is 29.2. The number of carbonyl (C=O) groups excluding carboxylic acids is 8. The van der Waals surface area contributed by atoms with Crippen LogP contribution in [0.15, 0.2) is 0 Å². The van der Waals surface area contributed by atoms with Crippen LogP contribution in [0.5, 0.6) is 0 Å². The van der Waals surface area contributed by atoms with Crippen molar-refractivity contribution in [2.45, 2.75) is 213 Å². The summed E-state index contributed by atoms with van der Waals surface area (Å²) in [5.41, 5.74) is 0. The van der Waals surface area contributed by atoms with E-state index in [0.717, 1.165) is 0 Å². The molecular formula is C44H70O19. The highest BCUT2D eigenvalue weighted by molar-refractivity contribution is 5.73. The Balaban J connectivity index is 2.97. The van der Waals surface area contributed by atoms with Crippen LogP contribution in [0.1, 0.15) is 158 Å². The van der Waals surface area contributed by atoms with E-state index in [-0.39, 0.29) is 51.4 Å². The molecule has 63 heavy (non-hydrogen) atoms. The summed E-state index contributed by atoms with van der Waals surface area (Å²) in [7, 11) is 0. The van der Waals surface area contributed by atoms with Crippen molar-refractivity contribution < 1.29 is 90.5 Å². The third kappa shape index (κ3) is 18.0. The summed E-state index contributed by atoms with van der Waals surface area (Å²) in [5.74, 6) is -8.23. The van der Waals surface area contributed by atoms with E-state index in [2.05, 4.69) is 0 Å². The Kier molecular flexibility index (Phi) is 25.3. The van der Waals surface area contributed by atoms with Crippen LogP contribution in [0.2, 0.25) is 0 Å². The molecule has 0 aromatic heterocycles. The molecule has 0 bridgehead atoms. The van der Waals surface area contributed by atoms with Gasteiger partial charge in [-0.15, -0.1) is 0 Å². The maximum Gasteiger partial charge on any atom is 0.308 e. The number of hydrogen-bond donors (Lipinski definition) is 0. The van der Waals surface area contributed by atoms with E-state index in [0.29, 0.717) is 51.4 Å². The van der Waals surface area contributed by atoms with E-state index in [4.69, 9.17) is 52.1 Å². The predicted octanol–water partition coefficient (Wildman–Crippen LogP) is 5.41. The summed E-state index contributed by atoms with van der Waals surface area (Å²) in [4.78, 5) is 105. The molecule has 0 amide bonds. The number of hydrogen-bond acceptors (Lipinski definition) is 19. The lowest BCUT2D eigenvalue weighted by Crippen LogP contribution is -2.64. The molecule has 0 N–H and O–H groups in total. The minimum absolute atomic E-state index is 0.0149. The molecule has 0 unspecified atom stereocenters. The van der Waals surface area contributed by atoms with Gasteiger partial charge in [-0.1, -0.05) is 55.4 Å². The van der Waals surface area contributed by atoms with Crippen molar-refractivity contribution in [2.75, 3.05) is 19.8 Å². The van der Waals surface area contributed by atoms with Gasteiger partial charge < -0.3 is 52.1 Å². The molecule has 0 aromatic carbocycles. The highest BCUT2D eigenvalue weighted by Gasteiger charge is 2.64. The Morgan fingerprint density at radius 1 is 0.413 bits per heavy atom. The van der Waals surface area contributed by atoms with E-state index in [1.165, 1.54) is 0 Å². The Hall–Kier alpha value is -4.36. The lowest BCUT2D eigenvalue weighted by Gasteiger charge is -2.45. The van der Waals surface area contributed by atoms with Gasteiger partial charge in [0, 0.05) is 51.4 Å². The Morgan fingerprint density at radius 3 is 1.27 bits per heavy atom. The van der Waals surface area contributed by atoms with Crippen molar-refractivity contribution in [3.63, 3.8) is 0 Å². The highest BCUT2D eigenvalue weighted by atomic mass is 16.8. The van der Waals surface area contributed by atoms with Gasteiger partial charge >= 0.3 is 47.8 Å². The summed E-state index contributed by atoms with van der Waals surface area (Å²) in [5, 5.41) is 0. The van der Waals surface area contributed by atoms with Crippen LogP contribution in [0.25, 0.3) is 0 Å². The zero-order chi connectivity index (χ0) is 47.0. The molecule has 2 saturated heterocycles. The molecule has 0 aliphatic carbocycles. The monoisotopic (exact) mass is 902 g/mol. The van der Waals surface area contributed by atoms with E-state index in [1.807, 2.05) is 0 Å². The van der Waals surface area contributed by atoms with Gasteiger partial charge in [0.15, 0.2) is 37.3 Å². The minimum atomic E-state index is -2.39. The standard InChI is InChI=1S/C44H70O19/c1-9-17-30(45)53-25-28-38(57-33(48)20-12-4)40(58-34(49)21-13-5)41(59-35(50)22-14-6)43(56-28)61-39-29(26-54-31(46)18-10-2)62-44(63-37(52)24-16-8,27-55-32(47)19-11-3)42(39)60-36(51)23-15-7/h28-29,38-43H,9-27H2,1-8H3/t28-,29-,38+,39-,40+,41-,42+,43+,44+/m1/s1. The van der Waals surface area contributed by atoms with Gasteiger partial charge in [-0.05, 0) is 51.4 Å². The first-order valence-electron chi connectivity index (χ1n) is 22.6. The van der Waals surface area contributed by atoms with E-state index in [1.54, 1.807) is 55.4 Å². The highest BCUT2D eigenvalue weighted by Crippen LogP contribution is 2.41. The second-order valence-electron chi connectivity index (χ2n) is 15.4. The maximum atomic E-state index is 13.5. The molecule has 2 aliphatic heterocycles. The molecule has 2 aliphatic rings. The van der Waals surface area contributed by atoms with Crippen molar-refractivity contribution in [3.8, 4) is 0 Å². The quantitative estimate of drug-likeness (QED) is 0.0673. The van der Waals surface area contributed by atoms with E-state index < -0.39 is 122 Å². The fourth-order valence-electron chi connectivity index (χ4n) is 6.64. The third-order valence-electron chi connectivity index (χ3n) is 9.56. The number of esters is 8. The van der Waals surface area contributed by atoms with Crippen LogP contribution in [0.3, 0.4) is 0 Å².